The van der Waals surface area contributed by atoms with Gasteiger partial charge in [-0.1, -0.05) is 48.5 Å². The maximum atomic E-state index is 12.2. The summed E-state index contributed by atoms with van der Waals surface area (Å²) < 4.78 is 10.6. The molecule has 0 saturated carbocycles. The van der Waals surface area contributed by atoms with E-state index < -0.39 is 0 Å². The molecule has 2 aromatic carbocycles. The average Bonchev–Trinajstić information content (AvgIpc) is 2.67. The Hall–Kier alpha value is -2.75. The summed E-state index contributed by atoms with van der Waals surface area (Å²) in [6.07, 6.45) is 2.66. The Labute approximate surface area is 142 Å². The van der Waals surface area contributed by atoms with E-state index in [-0.39, 0.29) is 6.09 Å². The molecule has 1 aliphatic rings. The third-order valence-corrected chi connectivity index (χ3v) is 4.13. The molecule has 3 rings (SSSR count). The number of hydrogen-bond donors (Lipinski definition) is 0. The second kappa shape index (κ2) is 7.68. The lowest BCUT2D eigenvalue weighted by Crippen LogP contribution is -2.35. The van der Waals surface area contributed by atoms with Crippen molar-refractivity contribution in [2.75, 3.05) is 20.2 Å². The zero-order chi connectivity index (χ0) is 16.8. The Morgan fingerprint density at radius 2 is 1.83 bits per heavy atom. The van der Waals surface area contributed by atoms with Crippen molar-refractivity contribution in [1.82, 2.24) is 4.90 Å². The Morgan fingerprint density at radius 1 is 1.08 bits per heavy atom. The molecule has 0 aliphatic carbocycles. The number of hydrogen-bond acceptors (Lipinski definition) is 3. The van der Waals surface area contributed by atoms with Gasteiger partial charge in [0.15, 0.2) is 0 Å². The van der Waals surface area contributed by atoms with E-state index in [2.05, 4.69) is 6.08 Å². The fourth-order valence-corrected chi connectivity index (χ4v) is 2.71. The Kier molecular flexibility index (Phi) is 5.16. The van der Waals surface area contributed by atoms with E-state index >= 15 is 0 Å². The average molecular weight is 323 g/mol. The molecule has 0 N–H and O–H groups in total. The largest absolute Gasteiger partial charge is 0.497 e. The summed E-state index contributed by atoms with van der Waals surface area (Å²) in [5, 5.41) is 0. The summed E-state index contributed by atoms with van der Waals surface area (Å²) in [6.45, 7) is 1.56. The van der Waals surface area contributed by atoms with Crippen LogP contribution >= 0.6 is 0 Å². The molecular weight excluding hydrogens is 302 g/mol. The van der Waals surface area contributed by atoms with Crippen LogP contribution in [0.4, 0.5) is 4.79 Å². The molecule has 0 spiro atoms. The lowest BCUT2D eigenvalue weighted by molar-refractivity contribution is 0.0998. The topological polar surface area (TPSA) is 38.8 Å². The van der Waals surface area contributed by atoms with E-state index in [1.165, 1.54) is 11.1 Å². The molecule has 24 heavy (non-hydrogen) atoms. The van der Waals surface area contributed by atoms with Gasteiger partial charge in [0.1, 0.15) is 12.4 Å². The number of carbonyl (C=O) groups excluding carboxylic acids is 1. The maximum absolute atomic E-state index is 12.2. The third kappa shape index (κ3) is 3.96. The van der Waals surface area contributed by atoms with E-state index in [1.807, 2.05) is 54.6 Å². The zero-order valence-corrected chi connectivity index (χ0v) is 13.8. The van der Waals surface area contributed by atoms with Crippen molar-refractivity contribution in [2.45, 2.75) is 13.0 Å². The fraction of sp³-hybridized carbons (Fsp3) is 0.250. The molecule has 124 valence electrons. The third-order valence-electron chi connectivity index (χ3n) is 4.13. The SMILES string of the molecule is COc1ccc(C2=CCN(C(=O)OCc3ccccc3)CC2)cc1. The normalized spacial score (nSPS) is 14.0. The molecule has 0 radical (unpaired) electrons. The van der Waals surface area contributed by atoms with Crippen molar-refractivity contribution in [3.63, 3.8) is 0 Å². The molecule has 4 nitrogen and oxygen atoms in total. The second-order valence-electron chi connectivity index (χ2n) is 5.69. The number of rotatable bonds is 4. The van der Waals surface area contributed by atoms with Crippen molar-refractivity contribution in [3.8, 4) is 5.75 Å². The molecule has 0 aromatic heterocycles. The number of ether oxygens (including phenoxy) is 2. The minimum atomic E-state index is -0.260. The maximum Gasteiger partial charge on any atom is 0.410 e. The monoisotopic (exact) mass is 323 g/mol. The van der Waals surface area contributed by atoms with E-state index in [0.717, 1.165) is 17.7 Å². The van der Waals surface area contributed by atoms with Gasteiger partial charge in [0.2, 0.25) is 0 Å². The summed E-state index contributed by atoms with van der Waals surface area (Å²) in [5.41, 5.74) is 3.43. The highest BCUT2D eigenvalue weighted by Gasteiger charge is 2.19. The van der Waals surface area contributed by atoms with E-state index in [9.17, 15) is 4.79 Å². The number of nitrogens with zero attached hydrogens (tertiary/aromatic N) is 1. The first kappa shape index (κ1) is 16.1. The first-order valence-corrected chi connectivity index (χ1v) is 8.05. The van der Waals surface area contributed by atoms with Gasteiger partial charge in [-0.05, 0) is 35.3 Å². The second-order valence-corrected chi connectivity index (χ2v) is 5.69. The standard InChI is InChI=1S/C20H21NO3/c1-23-19-9-7-17(8-10-19)18-11-13-21(14-12-18)20(22)24-15-16-5-3-2-4-6-16/h2-11H,12-15H2,1H3. The molecule has 0 atom stereocenters. The van der Waals surface area contributed by atoms with Crippen molar-refractivity contribution < 1.29 is 14.3 Å². The summed E-state index contributed by atoms with van der Waals surface area (Å²) in [7, 11) is 1.66. The molecule has 1 amide bonds. The van der Waals surface area contributed by atoms with Crippen molar-refractivity contribution in [2.24, 2.45) is 0 Å². The molecule has 4 heteroatoms. The molecule has 0 unspecified atom stereocenters. The molecule has 0 bridgehead atoms. The van der Waals surface area contributed by atoms with Gasteiger partial charge >= 0.3 is 6.09 Å². The first-order valence-electron chi connectivity index (χ1n) is 8.05. The van der Waals surface area contributed by atoms with Crippen LogP contribution in [0.2, 0.25) is 0 Å². The van der Waals surface area contributed by atoms with Crippen LogP contribution in [-0.2, 0) is 11.3 Å². The van der Waals surface area contributed by atoms with E-state index in [4.69, 9.17) is 9.47 Å². The Balaban J connectivity index is 1.55. The molecule has 2 aromatic rings. The smallest absolute Gasteiger partial charge is 0.410 e. The summed E-state index contributed by atoms with van der Waals surface area (Å²) in [4.78, 5) is 13.9. The minimum absolute atomic E-state index is 0.260. The van der Waals surface area contributed by atoms with Gasteiger partial charge in [0, 0.05) is 13.1 Å². The minimum Gasteiger partial charge on any atom is -0.497 e. The van der Waals surface area contributed by atoms with Crippen LogP contribution in [0.5, 0.6) is 5.75 Å². The summed E-state index contributed by atoms with van der Waals surface area (Å²) in [6, 6.07) is 17.7. The van der Waals surface area contributed by atoms with Gasteiger partial charge in [0.05, 0.1) is 7.11 Å². The molecular formula is C20H21NO3. The number of carbonyl (C=O) groups is 1. The fourth-order valence-electron chi connectivity index (χ4n) is 2.71. The van der Waals surface area contributed by atoms with Crippen LogP contribution in [-0.4, -0.2) is 31.2 Å². The van der Waals surface area contributed by atoms with E-state index in [1.54, 1.807) is 12.0 Å². The Morgan fingerprint density at radius 3 is 2.46 bits per heavy atom. The van der Waals surface area contributed by atoms with Gasteiger partial charge < -0.3 is 14.4 Å². The summed E-state index contributed by atoms with van der Waals surface area (Å²) in [5.74, 6) is 0.848. The molecule has 1 heterocycles. The molecule has 0 saturated heterocycles. The zero-order valence-electron chi connectivity index (χ0n) is 13.8. The lowest BCUT2D eigenvalue weighted by atomic mass is 9.99. The highest BCUT2D eigenvalue weighted by Crippen LogP contribution is 2.24. The van der Waals surface area contributed by atoms with Gasteiger partial charge in [-0.2, -0.15) is 0 Å². The number of amides is 1. The summed E-state index contributed by atoms with van der Waals surface area (Å²) >= 11 is 0. The highest BCUT2D eigenvalue weighted by molar-refractivity contribution is 5.72. The van der Waals surface area contributed by atoms with Crippen LogP contribution in [0.1, 0.15) is 17.5 Å². The van der Waals surface area contributed by atoms with Crippen molar-refractivity contribution in [3.05, 3.63) is 71.8 Å². The van der Waals surface area contributed by atoms with Gasteiger partial charge in [0.25, 0.3) is 0 Å². The van der Waals surface area contributed by atoms with Crippen LogP contribution in [0.15, 0.2) is 60.7 Å². The number of methoxy groups -OCH3 is 1. The lowest BCUT2D eigenvalue weighted by Gasteiger charge is -2.26. The van der Waals surface area contributed by atoms with Gasteiger partial charge in [-0.3, -0.25) is 0 Å². The van der Waals surface area contributed by atoms with Crippen LogP contribution in [0, 0.1) is 0 Å². The number of benzene rings is 2. The predicted octanol–water partition coefficient (Wildman–Crippen LogP) is 4.12. The molecule has 0 fully saturated rings. The van der Waals surface area contributed by atoms with Crippen molar-refractivity contribution in [1.29, 1.82) is 0 Å². The Bertz CT molecular complexity index is 707. The predicted molar refractivity (Wildman–Crippen MR) is 93.8 cm³/mol. The van der Waals surface area contributed by atoms with Gasteiger partial charge in [-0.25, -0.2) is 4.79 Å². The quantitative estimate of drug-likeness (QED) is 0.849. The van der Waals surface area contributed by atoms with E-state index in [0.29, 0.717) is 19.7 Å². The van der Waals surface area contributed by atoms with Crippen molar-refractivity contribution >= 4 is 11.7 Å². The highest BCUT2D eigenvalue weighted by atomic mass is 16.6. The van der Waals surface area contributed by atoms with Crippen LogP contribution < -0.4 is 4.74 Å². The van der Waals surface area contributed by atoms with Gasteiger partial charge in [-0.15, -0.1) is 0 Å². The van der Waals surface area contributed by atoms with Crippen LogP contribution in [0.3, 0.4) is 0 Å². The first-order chi connectivity index (χ1) is 11.8. The molecule has 1 aliphatic heterocycles. The van der Waals surface area contributed by atoms with Crippen LogP contribution in [0.25, 0.3) is 5.57 Å².